The Kier molecular flexibility index (Phi) is 8.62. The minimum absolute atomic E-state index is 0.359. The number of nitrogens with one attached hydrogen (secondary N) is 1. The highest BCUT2D eigenvalue weighted by Crippen LogP contribution is 2.32. The molecule has 37 heavy (non-hydrogen) atoms. The quantitative estimate of drug-likeness (QED) is 0.391. The zero-order valence-electron chi connectivity index (χ0n) is 21.1. The minimum atomic E-state index is 0.359. The lowest BCUT2D eigenvalue weighted by Gasteiger charge is -2.27. The van der Waals surface area contributed by atoms with Crippen molar-refractivity contribution in [3.8, 4) is 17.6 Å². The minimum Gasteiger partial charge on any atom is -0.493 e. The van der Waals surface area contributed by atoms with Crippen molar-refractivity contribution in [1.82, 2.24) is 19.9 Å². The molecule has 0 unspecified atom stereocenters. The predicted octanol–water partition coefficient (Wildman–Crippen LogP) is 4.43. The van der Waals surface area contributed by atoms with Gasteiger partial charge in [0, 0.05) is 55.4 Å². The molecule has 0 saturated carbocycles. The number of anilines is 3. The van der Waals surface area contributed by atoms with Gasteiger partial charge in [-0.05, 0) is 37.3 Å². The Morgan fingerprint density at radius 2 is 1.68 bits per heavy atom. The maximum absolute atomic E-state index is 7.32. The van der Waals surface area contributed by atoms with Crippen molar-refractivity contribution >= 4 is 28.2 Å². The van der Waals surface area contributed by atoms with Gasteiger partial charge < -0.3 is 24.4 Å². The van der Waals surface area contributed by atoms with Gasteiger partial charge in [-0.2, -0.15) is 5.26 Å². The summed E-state index contributed by atoms with van der Waals surface area (Å²) in [7, 11) is 1.62. The van der Waals surface area contributed by atoms with E-state index in [0.717, 1.165) is 52.7 Å². The molecule has 1 aliphatic heterocycles. The van der Waals surface area contributed by atoms with Gasteiger partial charge in [0.15, 0.2) is 11.5 Å². The van der Waals surface area contributed by atoms with E-state index in [1.807, 2.05) is 49.5 Å². The van der Waals surface area contributed by atoms with Gasteiger partial charge in [-0.15, -0.1) is 0 Å². The van der Waals surface area contributed by atoms with Gasteiger partial charge in [0.2, 0.25) is 0 Å². The molecule has 0 bridgehead atoms. The van der Waals surface area contributed by atoms with Crippen LogP contribution in [0.3, 0.4) is 0 Å². The zero-order chi connectivity index (χ0) is 26.0. The molecule has 5 rings (SSSR count). The average Bonchev–Trinajstić information content (AvgIpc) is 2.93. The van der Waals surface area contributed by atoms with Crippen molar-refractivity contribution < 1.29 is 14.2 Å². The summed E-state index contributed by atoms with van der Waals surface area (Å²) >= 11 is 0. The van der Waals surface area contributed by atoms with Crippen molar-refractivity contribution in [3.63, 3.8) is 0 Å². The van der Waals surface area contributed by atoms with E-state index < -0.39 is 0 Å². The Morgan fingerprint density at radius 3 is 2.41 bits per heavy atom. The molecule has 190 valence electrons. The number of benzene rings is 2. The summed E-state index contributed by atoms with van der Waals surface area (Å²) in [5.41, 5.74) is 4.36. The number of aromatic nitrogens is 4. The molecule has 0 aliphatic carbocycles. The van der Waals surface area contributed by atoms with Crippen LogP contribution in [0.1, 0.15) is 18.3 Å². The smallest absolute Gasteiger partial charge is 0.162 e. The first-order valence-electron chi connectivity index (χ1n) is 11.9. The van der Waals surface area contributed by atoms with E-state index in [1.165, 1.54) is 6.92 Å². The zero-order valence-corrected chi connectivity index (χ0v) is 21.1. The molecule has 10 nitrogen and oxygen atoms in total. The first-order valence-corrected chi connectivity index (χ1v) is 11.9. The van der Waals surface area contributed by atoms with Gasteiger partial charge in [0.25, 0.3) is 0 Å². The third-order valence-corrected chi connectivity index (χ3v) is 5.55. The van der Waals surface area contributed by atoms with Crippen LogP contribution < -0.4 is 19.7 Å². The average molecular weight is 500 g/mol. The van der Waals surface area contributed by atoms with E-state index in [0.29, 0.717) is 31.3 Å². The van der Waals surface area contributed by atoms with E-state index in [9.17, 15) is 0 Å². The number of methoxy groups -OCH3 is 1. The Hall–Kier alpha value is -4.49. The normalized spacial score (nSPS) is 12.8. The predicted molar refractivity (Wildman–Crippen MR) is 141 cm³/mol. The molecule has 10 heteroatoms. The molecule has 1 saturated heterocycles. The van der Waals surface area contributed by atoms with Crippen LogP contribution in [0, 0.1) is 18.3 Å². The summed E-state index contributed by atoms with van der Waals surface area (Å²) < 4.78 is 16.9. The Morgan fingerprint density at radius 1 is 0.973 bits per heavy atom. The van der Waals surface area contributed by atoms with Crippen LogP contribution in [0.2, 0.25) is 0 Å². The number of rotatable bonds is 7. The van der Waals surface area contributed by atoms with Gasteiger partial charge in [-0.25, -0.2) is 15.0 Å². The van der Waals surface area contributed by atoms with Crippen molar-refractivity contribution in [3.05, 3.63) is 66.4 Å². The van der Waals surface area contributed by atoms with E-state index in [4.69, 9.17) is 24.5 Å². The lowest BCUT2D eigenvalue weighted by atomic mass is 10.2. The number of ether oxygens (including phenoxy) is 3. The summed E-state index contributed by atoms with van der Waals surface area (Å²) in [4.78, 5) is 20.0. The topological polar surface area (TPSA) is 118 Å². The highest BCUT2D eigenvalue weighted by Gasteiger charge is 2.14. The molecular weight excluding hydrogens is 470 g/mol. The van der Waals surface area contributed by atoms with Crippen LogP contribution in [0.15, 0.2) is 55.0 Å². The summed E-state index contributed by atoms with van der Waals surface area (Å²) in [6, 6.07) is 13.4. The van der Waals surface area contributed by atoms with E-state index in [1.54, 1.807) is 25.6 Å². The number of aryl methyl sites for hydroxylation is 1. The molecule has 1 aliphatic rings. The lowest BCUT2D eigenvalue weighted by Crippen LogP contribution is -2.36. The van der Waals surface area contributed by atoms with E-state index in [2.05, 4.69) is 25.2 Å². The fourth-order valence-electron chi connectivity index (χ4n) is 3.71. The second-order valence-corrected chi connectivity index (χ2v) is 8.17. The van der Waals surface area contributed by atoms with Gasteiger partial charge >= 0.3 is 0 Å². The number of nitrogens with zero attached hydrogens (tertiary/aromatic N) is 6. The largest absolute Gasteiger partial charge is 0.493 e. The van der Waals surface area contributed by atoms with Gasteiger partial charge in [-0.1, -0.05) is 0 Å². The molecule has 0 spiro atoms. The summed E-state index contributed by atoms with van der Waals surface area (Å²) in [6.07, 6.45) is 5.35. The van der Waals surface area contributed by atoms with Crippen LogP contribution in [0.25, 0.3) is 11.0 Å². The van der Waals surface area contributed by atoms with Crippen LogP contribution in [0.5, 0.6) is 11.5 Å². The summed E-state index contributed by atoms with van der Waals surface area (Å²) in [6.45, 7) is 6.71. The first kappa shape index (κ1) is 25.6. The SMILES string of the molecule is CC#N.COc1cc(Nc2ccc3ncc(N4CCOCC4)nc3c2)ccc1OCc1cnc(C)nc1. The van der Waals surface area contributed by atoms with Crippen molar-refractivity contribution in [2.75, 3.05) is 43.6 Å². The highest BCUT2D eigenvalue weighted by atomic mass is 16.5. The Balaban J connectivity index is 0.00000102. The number of hydrogen-bond donors (Lipinski definition) is 1. The molecular formula is C27H29N7O3. The van der Waals surface area contributed by atoms with Gasteiger partial charge in [0.05, 0.1) is 43.6 Å². The second kappa shape index (κ2) is 12.5. The molecule has 4 aromatic rings. The van der Waals surface area contributed by atoms with Crippen LogP contribution in [0.4, 0.5) is 17.2 Å². The molecule has 1 N–H and O–H groups in total. The molecule has 1 fully saturated rings. The highest BCUT2D eigenvalue weighted by molar-refractivity contribution is 5.81. The molecule has 0 radical (unpaired) electrons. The van der Waals surface area contributed by atoms with Gasteiger partial charge in [-0.3, -0.25) is 4.98 Å². The number of hydrogen-bond acceptors (Lipinski definition) is 10. The fraction of sp³-hybridized carbons (Fsp3) is 0.296. The monoisotopic (exact) mass is 499 g/mol. The van der Waals surface area contributed by atoms with Gasteiger partial charge in [0.1, 0.15) is 18.2 Å². The second-order valence-electron chi connectivity index (χ2n) is 8.17. The lowest BCUT2D eigenvalue weighted by molar-refractivity contribution is 0.122. The van der Waals surface area contributed by atoms with Crippen LogP contribution in [-0.2, 0) is 11.3 Å². The summed E-state index contributed by atoms with van der Waals surface area (Å²) in [5, 5.41) is 10.7. The molecule has 2 aromatic carbocycles. The maximum Gasteiger partial charge on any atom is 0.162 e. The fourth-order valence-corrected chi connectivity index (χ4v) is 3.71. The number of morpholine rings is 1. The third-order valence-electron chi connectivity index (χ3n) is 5.55. The standard InChI is InChI=1S/C25H26N6O3.C2H3N/c1-17-26-13-18(14-27-17)16-34-23-6-4-20(12-24(23)32-2)29-19-3-5-21-22(11-19)30-25(15-28-21)31-7-9-33-10-8-31;1-2-3/h3-6,11-15,29H,7-10,16H2,1-2H3;1H3. The molecule has 2 aromatic heterocycles. The Labute approximate surface area is 215 Å². The molecule has 0 amide bonds. The van der Waals surface area contributed by atoms with Crippen molar-refractivity contribution in [2.24, 2.45) is 0 Å². The third kappa shape index (κ3) is 6.80. The van der Waals surface area contributed by atoms with Crippen LogP contribution >= 0.6 is 0 Å². The number of fused-ring (bicyclic) bond motifs is 1. The van der Waals surface area contributed by atoms with Crippen LogP contribution in [-0.4, -0.2) is 53.3 Å². The number of nitriles is 1. The summed E-state index contributed by atoms with van der Waals surface area (Å²) in [5.74, 6) is 2.88. The van der Waals surface area contributed by atoms with E-state index >= 15 is 0 Å². The molecule has 3 heterocycles. The van der Waals surface area contributed by atoms with Crippen molar-refractivity contribution in [1.29, 1.82) is 5.26 Å². The molecule has 0 atom stereocenters. The van der Waals surface area contributed by atoms with Crippen molar-refractivity contribution in [2.45, 2.75) is 20.5 Å². The van der Waals surface area contributed by atoms with E-state index in [-0.39, 0.29) is 0 Å². The maximum atomic E-state index is 7.32. The first-order chi connectivity index (χ1) is 18.1. The Bertz CT molecular complexity index is 1370.